The third-order valence-corrected chi connectivity index (χ3v) is 6.59. The van der Waals surface area contributed by atoms with E-state index in [-0.39, 0.29) is 7.92 Å². The molecule has 0 bridgehead atoms. The van der Waals surface area contributed by atoms with E-state index >= 15 is 0 Å². The van der Waals surface area contributed by atoms with Crippen LogP contribution >= 0.6 is 7.92 Å². The Morgan fingerprint density at radius 3 is 2.89 bits per heavy atom. The Kier molecular flexibility index (Phi) is 3.03. The number of benzene rings is 1. The number of fused-ring (bicyclic) bond motifs is 1. The smallest absolute Gasteiger partial charge is 0.0489 e. The average Bonchev–Trinajstić information content (AvgIpc) is 2.39. The van der Waals surface area contributed by atoms with E-state index in [0.717, 1.165) is 0 Å². The molecule has 0 saturated carbocycles. The van der Waals surface area contributed by atoms with Crippen LogP contribution in [0.5, 0.6) is 0 Å². The molecule has 3 rings (SSSR count). The summed E-state index contributed by atoms with van der Waals surface area (Å²) < 4.78 is 0. The summed E-state index contributed by atoms with van der Waals surface area (Å²) in [7, 11) is 2.10. The van der Waals surface area contributed by atoms with Gasteiger partial charge in [-0.1, -0.05) is 38.1 Å². The Morgan fingerprint density at radius 1 is 1.33 bits per heavy atom. The fourth-order valence-corrected chi connectivity index (χ4v) is 5.79. The van der Waals surface area contributed by atoms with Crippen LogP contribution in [0, 0.1) is 5.92 Å². The molecule has 1 aliphatic carbocycles. The second-order valence-electron chi connectivity index (χ2n) is 5.16. The maximum absolute atomic E-state index is 2.38. The van der Waals surface area contributed by atoms with Crippen LogP contribution in [-0.2, 0) is 0 Å². The van der Waals surface area contributed by atoms with Crippen LogP contribution in [0.15, 0.2) is 47.4 Å². The third-order valence-electron chi connectivity index (χ3n) is 3.93. The third kappa shape index (κ3) is 1.73. The van der Waals surface area contributed by atoms with Gasteiger partial charge < -0.3 is 4.90 Å². The van der Waals surface area contributed by atoms with Gasteiger partial charge >= 0.3 is 0 Å². The lowest BCUT2D eigenvalue weighted by Gasteiger charge is -2.39. The average molecular weight is 257 g/mol. The molecule has 2 atom stereocenters. The van der Waals surface area contributed by atoms with Gasteiger partial charge in [-0.05, 0) is 43.9 Å². The van der Waals surface area contributed by atoms with Crippen molar-refractivity contribution in [2.45, 2.75) is 20.3 Å². The first-order valence-electron chi connectivity index (χ1n) is 6.74. The van der Waals surface area contributed by atoms with Crippen molar-refractivity contribution in [3.8, 4) is 0 Å². The fourth-order valence-electron chi connectivity index (χ4n) is 3.00. The molecule has 18 heavy (non-hydrogen) atoms. The summed E-state index contributed by atoms with van der Waals surface area (Å²) in [6.07, 6.45) is 7.19. The number of nitrogens with zero attached hydrogens (tertiary/aromatic N) is 1. The van der Waals surface area contributed by atoms with Crippen molar-refractivity contribution in [3.05, 3.63) is 47.4 Å². The van der Waals surface area contributed by atoms with Gasteiger partial charge in [-0.15, -0.1) is 0 Å². The van der Waals surface area contributed by atoms with E-state index in [4.69, 9.17) is 0 Å². The Balaban J connectivity index is 2.15. The van der Waals surface area contributed by atoms with Gasteiger partial charge in [0.1, 0.15) is 0 Å². The van der Waals surface area contributed by atoms with E-state index in [9.17, 15) is 0 Å². The zero-order valence-corrected chi connectivity index (χ0v) is 12.2. The lowest BCUT2D eigenvalue weighted by atomic mass is 10.0. The molecular weight excluding hydrogens is 237 g/mol. The summed E-state index contributed by atoms with van der Waals surface area (Å²) in [6, 6.07) is 8.92. The number of para-hydroxylation sites is 1. The lowest BCUT2D eigenvalue weighted by molar-refractivity contribution is 0.717. The first-order chi connectivity index (χ1) is 8.72. The molecule has 0 saturated heterocycles. The molecule has 0 aromatic heterocycles. The second-order valence-corrected chi connectivity index (χ2v) is 7.67. The highest BCUT2D eigenvalue weighted by atomic mass is 31.1. The lowest BCUT2D eigenvalue weighted by Crippen LogP contribution is -2.29. The van der Waals surface area contributed by atoms with Gasteiger partial charge in [-0.3, -0.25) is 0 Å². The molecule has 2 aliphatic rings. The number of anilines is 1. The molecule has 1 aromatic carbocycles. The van der Waals surface area contributed by atoms with Gasteiger partial charge in [0.15, 0.2) is 0 Å². The largest absolute Gasteiger partial charge is 0.344 e. The minimum atomic E-state index is -0.109. The van der Waals surface area contributed by atoms with Crippen LogP contribution in [-0.4, -0.2) is 13.2 Å². The molecule has 0 amide bonds. The van der Waals surface area contributed by atoms with E-state index < -0.39 is 0 Å². The molecular formula is C16H20NP. The maximum atomic E-state index is 2.38. The SMILES string of the molecule is CCP1C2=C(C=CC(C)C2)N(C)c2ccccc21. The highest BCUT2D eigenvalue weighted by Crippen LogP contribution is 2.54. The summed E-state index contributed by atoms with van der Waals surface area (Å²) >= 11 is 0. The van der Waals surface area contributed by atoms with E-state index in [0.29, 0.717) is 5.92 Å². The van der Waals surface area contributed by atoms with Crippen molar-refractivity contribution in [2.75, 3.05) is 18.1 Å². The number of rotatable bonds is 1. The highest BCUT2D eigenvalue weighted by Gasteiger charge is 2.30. The van der Waals surface area contributed by atoms with Crippen molar-refractivity contribution < 1.29 is 0 Å². The van der Waals surface area contributed by atoms with Crippen molar-refractivity contribution in [1.29, 1.82) is 0 Å². The van der Waals surface area contributed by atoms with Crippen LogP contribution in [0.4, 0.5) is 5.69 Å². The topological polar surface area (TPSA) is 3.24 Å². The Labute approximate surface area is 111 Å². The summed E-state index contributed by atoms with van der Waals surface area (Å²) in [5, 5.41) is 3.27. The van der Waals surface area contributed by atoms with Crippen molar-refractivity contribution in [3.63, 3.8) is 0 Å². The summed E-state index contributed by atoms with van der Waals surface area (Å²) in [6.45, 7) is 4.66. The molecule has 0 fully saturated rings. The van der Waals surface area contributed by atoms with E-state index in [1.807, 2.05) is 0 Å². The van der Waals surface area contributed by atoms with E-state index in [1.165, 1.54) is 24.0 Å². The van der Waals surface area contributed by atoms with Gasteiger partial charge in [-0.2, -0.15) is 0 Å². The first-order valence-corrected chi connectivity index (χ1v) is 8.26. The van der Waals surface area contributed by atoms with Crippen molar-refractivity contribution >= 4 is 18.9 Å². The van der Waals surface area contributed by atoms with Crippen LogP contribution in [0.25, 0.3) is 0 Å². The van der Waals surface area contributed by atoms with Gasteiger partial charge in [0.25, 0.3) is 0 Å². The van der Waals surface area contributed by atoms with Crippen LogP contribution in [0.3, 0.4) is 0 Å². The zero-order valence-electron chi connectivity index (χ0n) is 11.4. The standard InChI is InChI=1S/C16H20NP/c1-4-18-15-8-6-5-7-13(15)17(3)14-10-9-12(2)11-16(14)18/h5-10,12H,4,11H2,1-3H3. The monoisotopic (exact) mass is 257 g/mol. The fraction of sp³-hybridized carbons (Fsp3) is 0.375. The predicted octanol–water partition coefficient (Wildman–Crippen LogP) is 4.07. The summed E-state index contributed by atoms with van der Waals surface area (Å²) in [5.41, 5.74) is 2.86. The van der Waals surface area contributed by atoms with Crippen LogP contribution < -0.4 is 10.2 Å². The normalized spacial score (nSPS) is 26.1. The number of likely N-dealkylation sites (N-methyl/N-ethyl adjacent to an activating group) is 1. The summed E-state index contributed by atoms with van der Waals surface area (Å²) in [5.74, 6) is 0.693. The quantitative estimate of drug-likeness (QED) is 0.685. The number of hydrogen-bond donors (Lipinski definition) is 0. The molecule has 1 aromatic rings. The zero-order chi connectivity index (χ0) is 12.7. The van der Waals surface area contributed by atoms with Gasteiger partial charge in [0.05, 0.1) is 0 Å². The number of allylic oxidation sites excluding steroid dienone is 3. The molecule has 2 unspecified atom stereocenters. The highest BCUT2D eigenvalue weighted by molar-refractivity contribution is 7.70. The minimum absolute atomic E-state index is 0.109. The molecule has 0 N–H and O–H groups in total. The molecule has 1 heterocycles. The van der Waals surface area contributed by atoms with Gasteiger partial charge in [0, 0.05) is 23.7 Å². The first kappa shape index (κ1) is 12.0. The predicted molar refractivity (Wildman–Crippen MR) is 81.9 cm³/mol. The van der Waals surface area contributed by atoms with Gasteiger partial charge in [-0.25, -0.2) is 0 Å². The number of hydrogen-bond acceptors (Lipinski definition) is 1. The van der Waals surface area contributed by atoms with Crippen molar-refractivity contribution in [1.82, 2.24) is 0 Å². The molecule has 2 heteroatoms. The Bertz CT molecular complexity index is 530. The van der Waals surface area contributed by atoms with E-state index in [2.05, 4.69) is 62.2 Å². The molecule has 94 valence electrons. The van der Waals surface area contributed by atoms with Crippen LogP contribution in [0.2, 0.25) is 0 Å². The Morgan fingerprint density at radius 2 is 2.11 bits per heavy atom. The molecule has 0 radical (unpaired) electrons. The van der Waals surface area contributed by atoms with Crippen LogP contribution in [0.1, 0.15) is 20.3 Å². The minimum Gasteiger partial charge on any atom is -0.344 e. The second kappa shape index (κ2) is 4.55. The molecule has 0 spiro atoms. The maximum Gasteiger partial charge on any atom is 0.0489 e. The van der Waals surface area contributed by atoms with E-state index in [1.54, 1.807) is 10.6 Å². The molecule has 1 nitrogen and oxygen atoms in total. The molecule has 1 aliphatic heterocycles. The Hall–Kier alpha value is -1.07. The summed E-state index contributed by atoms with van der Waals surface area (Å²) in [4.78, 5) is 2.38. The van der Waals surface area contributed by atoms with Gasteiger partial charge in [0.2, 0.25) is 0 Å². The van der Waals surface area contributed by atoms with Crippen molar-refractivity contribution in [2.24, 2.45) is 5.92 Å².